The fourth-order valence-electron chi connectivity index (χ4n) is 2.20. The number of hydrogen-bond donors (Lipinski definition) is 2. The lowest BCUT2D eigenvalue weighted by Gasteiger charge is -2.17. The molecule has 0 spiro atoms. The first kappa shape index (κ1) is 19.7. The van der Waals surface area contributed by atoms with Crippen molar-refractivity contribution < 1.29 is 23.5 Å². The van der Waals surface area contributed by atoms with E-state index in [1.807, 2.05) is 13.8 Å². The average molecular weight is 381 g/mol. The molecule has 0 radical (unpaired) electrons. The lowest BCUT2D eigenvalue weighted by atomic mass is 10.2. The van der Waals surface area contributed by atoms with Crippen LogP contribution in [0.25, 0.3) is 0 Å². The number of ether oxygens (including phenoxy) is 2. The molecule has 26 heavy (non-hydrogen) atoms. The molecule has 0 bridgehead atoms. The van der Waals surface area contributed by atoms with E-state index in [1.165, 1.54) is 6.26 Å². The van der Waals surface area contributed by atoms with Crippen molar-refractivity contribution in [3.05, 3.63) is 36.3 Å². The second-order valence-corrected chi connectivity index (χ2v) is 5.51. The molecule has 0 aliphatic rings. The van der Waals surface area contributed by atoms with Crippen LogP contribution in [0.4, 0.5) is 11.4 Å². The summed E-state index contributed by atoms with van der Waals surface area (Å²) in [7, 11) is 0. The normalized spacial score (nSPS) is 10.3. The second kappa shape index (κ2) is 9.72. The van der Waals surface area contributed by atoms with E-state index in [4.69, 9.17) is 25.5 Å². The number of rotatable bonds is 9. The fourth-order valence-corrected chi connectivity index (χ4v) is 2.37. The van der Waals surface area contributed by atoms with Crippen LogP contribution in [0.5, 0.6) is 11.5 Å². The van der Waals surface area contributed by atoms with Gasteiger partial charge in [-0.2, -0.15) is 0 Å². The molecule has 0 saturated carbocycles. The molecular formula is C18H21ClN2O5. The third kappa shape index (κ3) is 5.16. The number of anilines is 2. The van der Waals surface area contributed by atoms with Gasteiger partial charge in [0.25, 0.3) is 5.91 Å². The van der Waals surface area contributed by atoms with Crippen LogP contribution in [-0.2, 0) is 4.79 Å². The Morgan fingerprint density at radius 2 is 1.69 bits per heavy atom. The Hall–Kier alpha value is -2.67. The molecule has 2 N–H and O–H groups in total. The number of halogens is 1. The molecule has 0 saturated heterocycles. The lowest BCUT2D eigenvalue weighted by molar-refractivity contribution is -0.115. The highest BCUT2D eigenvalue weighted by atomic mass is 35.5. The van der Waals surface area contributed by atoms with E-state index in [-0.39, 0.29) is 24.0 Å². The van der Waals surface area contributed by atoms with E-state index < -0.39 is 5.91 Å². The van der Waals surface area contributed by atoms with Gasteiger partial charge in [-0.1, -0.05) is 0 Å². The van der Waals surface area contributed by atoms with Crippen LogP contribution in [0, 0.1) is 0 Å². The van der Waals surface area contributed by atoms with Crippen molar-refractivity contribution in [2.45, 2.75) is 20.3 Å². The minimum Gasteiger partial charge on any atom is -0.492 e. The van der Waals surface area contributed by atoms with Gasteiger partial charge in [-0.3, -0.25) is 9.59 Å². The first-order chi connectivity index (χ1) is 12.6. The lowest BCUT2D eigenvalue weighted by Crippen LogP contribution is -2.15. The first-order valence-electron chi connectivity index (χ1n) is 8.23. The number of hydrogen-bond acceptors (Lipinski definition) is 5. The molecule has 7 nitrogen and oxygen atoms in total. The molecule has 1 heterocycles. The first-order valence-corrected chi connectivity index (χ1v) is 8.76. The predicted molar refractivity (Wildman–Crippen MR) is 99.4 cm³/mol. The minimum atomic E-state index is -0.419. The van der Waals surface area contributed by atoms with E-state index in [0.29, 0.717) is 36.1 Å². The van der Waals surface area contributed by atoms with Gasteiger partial charge < -0.3 is 24.5 Å². The third-order valence-electron chi connectivity index (χ3n) is 3.27. The Kier molecular flexibility index (Phi) is 7.35. The summed E-state index contributed by atoms with van der Waals surface area (Å²) in [5.74, 6) is 0.537. The van der Waals surface area contributed by atoms with E-state index in [9.17, 15) is 9.59 Å². The van der Waals surface area contributed by atoms with Gasteiger partial charge in [0.1, 0.15) is 11.5 Å². The minimum absolute atomic E-state index is 0.171. The van der Waals surface area contributed by atoms with Crippen molar-refractivity contribution in [1.82, 2.24) is 0 Å². The van der Waals surface area contributed by atoms with Crippen LogP contribution < -0.4 is 20.1 Å². The Morgan fingerprint density at radius 1 is 1.08 bits per heavy atom. The SMILES string of the molecule is CCOc1cc(NC(=O)c2ccco2)c(OCC)cc1NC(=O)CCCl. The Labute approximate surface area is 156 Å². The summed E-state index contributed by atoms with van der Waals surface area (Å²) in [4.78, 5) is 24.1. The molecule has 8 heteroatoms. The van der Waals surface area contributed by atoms with Crippen molar-refractivity contribution in [2.24, 2.45) is 0 Å². The highest BCUT2D eigenvalue weighted by molar-refractivity contribution is 6.19. The topological polar surface area (TPSA) is 89.8 Å². The molecule has 140 valence electrons. The van der Waals surface area contributed by atoms with Crippen LogP contribution >= 0.6 is 11.6 Å². The van der Waals surface area contributed by atoms with Gasteiger partial charge in [0.05, 0.1) is 30.9 Å². The maximum atomic E-state index is 12.3. The van der Waals surface area contributed by atoms with Crippen LogP contribution in [0.2, 0.25) is 0 Å². The Balaban J connectivity index is 2.34. The van der Waals surface area contributed by atoms with Gasteiger partial charge in [-0.15, -0.1) is 11.6 Å². The summed E-state index contributed by atoms with van der Waals surface area (Å²) in [6.45, 7) is 4.41. The number of carbonyl (C=O) groups excluding carboxylic acids is 2. The predicted octanol–water partition coefficient (Wildman–Crippen LogP) is 3.90. The molecule has 0 unspecified atom stereocenters. The molecule has 2 amide bonds. The van der Waals surface area contributed by atoms with Crippen molar-refractivity contribution in [2.75, 3.05) is 29.7 Å². The van der Waals surface area contributed by atoms with Crippen molar-refractivity contribution >= 4 is 34.8 Å². The molecule has 2 aromatic rings. The molecule has 0 atom stereocenters. The van der Waals surface area contributed by atoms with E-state index in [1.54, 1.807) is 24.3 Å². The smallest absolute Gasteiger partial charge is 0.291 e. The van der Waals surface area contributed by atoms with Gasteiger partial charge in [0, 0.05) is 24.4 Å². The number of benzene rings is 1. The highest BCUT2D eigenvalue weighted by Gasteiger charge is 2.17. The Morgan fingerprint density at radius 3 is 2.19 bits per heavy atom. The number of nitrogens with one attached hydrogen (secondary N) is 2. The summed E-state index contributed by atoms with van der Waals surface area (Å²) in [6.07, 6.45) is 1.59. The van der Waals surface area contributed by atoms with Gasteiger partial charge in [-0.05, 0) is 26.0 Å². The maximum absolute atomic E-state index is 12.3. The van der Waals surface area contributed by atoms with Crippen molar-refractivity contribution in [3.8, 4) is 11.5 Å². The van der Waals surface area contributed by atoms with E-state index >= 15 is 0 Å². The highest BCUT2D eigenvalue weighted by Crippen LogP contribution is 2.37. The number of alkyl halides is 1. The van der Waals surface area contributed by atoms with Gasteiger partial charge in [-0.25, -0.2) is 0 Å². The van der Waals surface area contributed by atoms with Crippen molar-refractivity contribution in [3.63, 3.8) is 0 Å². The number of amides is 2. The maximum Gasteiger partial charge on any atom is 0.291 e. The summed E-state index contributed by atoms with van der Waals surface area (Å²) < 4.78 is 16.3. The quantitative estimate of drug-likeness (QED) is 0.644. The molecular weight excluding hydrogens is 360 g/mol. The van der Waals surface area contributed by atoms with Crippen LogP contribution in [-0.4, -0.2) is 30.9 Å². The van der Waals surface area contributed by atoms with Crippen LogP contribution in [0.3, 0.4) is 0 Å². The molecule has 1 aromatic carbocycles. The second-order valence-electron chi connectivity index (χ2n) is 5.13. The van der Waals surface area contributed by atoms with Gasteiger partial charge in [0.15, 0.2) is 5.76 Å². The van der Waals surface area contributed by atoms with Crippen molar-refractivity contribution in [1.29, 1.82) is 0 Å². The largest absolute Gasteiger partial charge is 0.492 e. The van der Waals surface area contributed by atoms with Crippen LogP contribution in [0.15, 0.2) is 34.9 Å². The standard InChI is InChI=1S/C18H21ClN2O5/c1-3-24-15-11-13(21-18(23)14-6-5-9-26-14)16(25-4-2)10-12(15)20-17(22)7-8-19/h5-6,9-11H,3-4,7-8H2,1-2H3,(H,20,22)(H,21,23). The zero-order valence-electron chi connectivity index (χ0n) is 14.6. The number of furan rings is 1. The molecule has 0 fully saturated rings. The summed E-state index contributed by atoms with van der Waals surface area (Å²) in [5, 5.41) is 5.47. The molecule has 2 rings (SSSR count). The monoisotopic (exact) mass is 380 g/mol. The third-order valence-corrected chi connectivity index (χ3v) is 3.46. The Bertz CT molecular complexity index is 746. The summed E-state index contributed by atoms with van der Waals surface area (Å²) in [5.41, 5.74) is 0.855. The van der Waals surface area contributed by atoms with Gasteiger partial charge in [0.2, 0.25) is 5.91 Å². The summed E-state index contributed by atoms with van der Waals surface area (Å²) in [6, 6.07) is 6.39. The molecule has 0 aliphatic carbocycles. The zero-order valence-corrected chi connectivity index (χ0v) is 15.4. The van der Waals surface area contributed by atoms with Crippen LogP contribution in [0.1, 0.15) is 30.8 Å². The number of carbonyl (C=O) groups is 2. The molecule has 1 aromatic heterocycles. The van der Waals surface area contributed by atoms with E-state index in [2.05, 4.69) is 10.6 Å². The fraction of sp³-hybridized carbons (Fsp3) is 0.333. The van der Waals surface area contributed by atoms with Gasteiger partial charge >= 0.3 is 0 Å². The average Bonchev–Trinajstić information content (AvgIpc) is 3.13. The summed E-state index contributed by atoms with van der Waals surface area (Å²) >= 11 is 5.60. The van der Waals surface area contributed by atoms with E-state index in [0.717, 1.165) is 0 Å². The zero-order chi connectivity index (χ0) is 18.9. The molecule has 0 aliphatic heterocycles.